The molecule has 0 saturated heterocycles. The van der Waals surface area contributed by atoms with E-state index in [4.69, 9.17) is 0 Å². The molecule has 0 unspecified atom stereocenters. The lowest BCUT2D eigenvalue weighted by Gasteiger charge is -2.64. The molecule has 1 spiro atoms. The number of fused-ring (bicyclic) bond motifs is 6. The van der Waals surface area contributed by atoms with Crippen molar-refractivity contribution >= 4 is 57.2 Å². The lowest BCUT2D eigenvalue weighted by atomic mass is 9.32. The summed E-state index contributed by atoms with van der Waals surface area (Å²) in [7, 11) is 0. The topological polar surface area (TPSA) is 6.48 Å². The molecule has 8 aromatic carbocycles. The van der Waals surface area contributed by atoms with Crippen LogP contribution in [-0.4, -0.2) is 6.71 Å². The van der Waals surface area contributed by atoms with Crippen LogP contribution in [0.4, 0.5) is 34.1 Å². The van der Waals surface area contributed by atoms with Gasteiger partial charge in [0.2, 0.25) is 0 Å². The van der Waals surface area contributed by atoms with E-state index in [-0.39, 0.29) is 12.1 Å². The Kier molecular flexibility index (Phi) is 7.90. The Hall–Kier alpha value is -6.58. The van der Waals surface area contributed by atoms with Crippen molar-refractivity contribution < 1.29 is 0 Å². The summed E-state index contributed by atoms with van der Waals surface area (Å²) in [5, 5.41) is 0. The van der Waals surface area contributed by atoms with Crippen molar-refractivity contribution in [2.45, 2.75) is 57.8 Å². The maximum atomic E-state index is 2.75. The minimum absolute atomic E-state index is 0.0291. The molecule has 0 radical (unpaired) electrons. The molecule has 4 aliphatic carbocycles. The molecule has 8 aromatic rings. The van der Waals surface area contributed by atoms with Crippen LogP contribution in [0.5, 0.6) is 0 Å². The van der Waals surface area contributed by atoms with Crippen LogP contribution in [0.1, 0.15) is 61.3 Å². The molecular weight excluding hydrogens is 771 g/mol. The molecule has 0 amide bonds. The summed E-state index contributed by atoms with van der Waals surface area (Å²) in [6.45, 7) is 4.58. The maximum Gasteiger partial charge on any atom is 0.252 e. The smallest absolute Gasteiger partial charge is 0.252 e. The van der Waals surface area contributed by atoms with Crippen LogP contribution in [0.15, 0.2) is 176 Å². The average Bonchev–Trinajstić information content (AvgIpc) is 3.34. The van der Waals surface area contributed by atoms with E-state index in [0.717, 1.165) is 18.3 Å². The first-order valence-corrected chi connectivity index (χ1v) is 24.0. The first-order valence-electron chi connectivity index (χ1n) is 24.0. The van der Waals surface area contributed by atoms with Crippen molar-refractivity contribution in [3.05, 3.63) is 198 Å². The fourth-order valence-corrected chi connectivity index (χ4v) is 14.5. The molecule has 4 fully saturated rings. The lowest BCUT2D eigenvalue weighted by Crippen LogP contribution is -2.64. The van der Waals surface area contributed by atoms with Gasteiger partial charge in [0.25, 0.3) is 6.71 Å². The zero-order valence-electron chi connectivity index (χ0n) is 36.8. The van der Waals surface area contributed by atoms with Gasteiger partial charge in [-0.25, -0.2) is 0 Å². The highest BCUT2D eigenvalue weighted by Gasteiger charge is 2.62. The summed E-state index contributed by atoms with van der Waals surface area (Å²) >= 11 is 0. The van der Waals surface area contributed by atoms with Gasteiger partial charge in [-0.15, -0.1) is 0 Å². The molecule has 15 rings (SSSR count). The van der Waals surface area contributed by atoms with Gasteiger partial charge < -0.3 is 9.80 Å². The molecule has 0 atom stereocenters. The van der Waals surface area contributed by atoms with Crippen LogP contribution < -0.4 is 26.2 Å². The Morgan fingerprint density at radius 1 is 0.453 bits per heavy atom. The summed E-state index contributed by atoms with van der Waals surface area (Å²) in [6, 6.07) is 68.0. The standard InChI is InChI=1S/C61H51BN2/c1-3-39-23-25-43(26-24-39)46-27-28-56-53(35-46)62-52-20-12-19-51-60(52)64(55-22-10-8-18-50(55)61(51)48-30-40-29-41(32-48)33-49(61)31-40)58-37-47(45-17-11-16-44(34-45)42-14-5-4-6-15-42)36-57(59(58)62)63(56)54-21-9-7-13-38(54)2/h4-28,34-37,40-41,48-49H,3,29-33H2,1-2H3. The van der Waals surface area contributed by atoms with Gasteiger partial charge >= 0.3 is 0 Å². The number of benzene rings is 8. The number of hydrogen-bond donors (Lipinski definition) is 0. The molecule has 3 heterocycles. The van der Waals surface area contributed by atoms with Gasteiger partial charge in [-0.2, -0.15) is 0 Å². The van der Waals surface area contributed by atoms with Crippen LogP contribution >= 0.6 is 0 Å². The van der Waals surface area contributed by atoms with Crippen molar-refractivity contribution in [2.75, 3.05) is 9.80 Å². The molecule has 7 aliphatic rings. The van der Waals surface area contributed by atoms with E-state index in [9.17, 15) is 0 Å². The Bertz CT molecular complexity index is 3170. The molecule has 3 heteroatoms. The van der Waals surface area contributed by atoms with Crippen molar-refractivity contribution in [3.63, 3.8) is 0 Å². The van der Waals surface area contributed by atoms with Gasteiger partial charge in [0.1, 0.15) is 0 Å². The second-order valence-corrected chi connectivity index (χ2v) is 20.0. The van der Waals surface area contributed by atoms with Crippen LogP contribution in [0.25, 0.3) is 33.4 Å². The molecule has 4 saturated carbocycles. The van der Waals surface area contributed by atoms with Crippen molar-refractivity contribution in [1.29, 1.82) is 0 Å². The van der Waals surface area contributed by atoms with Crippen LogP contribution in [0.3, 0.4) is 0 Å². The Morgan fingerprint density at radius 2 is 1.05 bits per heavy atom. The van der Waals surface area contributed by atoms with Gasteiger partial charge in [-0.1, -0.05) is 146 Å². The van der Waals surface area contributed by atoms with E-state index >= 15 is 0 Å². The maximum absolute atomic E-state index is 2.75. The third-order valence-corrected chi connectivity index (χ3v) is 16.9. The molecule has 0 aromatic heterocycles. The molecule has 3 aliphatic heterocycles. The number of hydrogen-bond acceptors (Lipinski definition) is 2. The zero-order valence-corrected chi connectivity index (χ0v) is 36.8. The number of nitrogens with zero attached hydrogens (tertiary/aromatic N) is 2. The molecule has 2 nitrogen and oxygen atoms in total. The highest BCUT2D eigenvalue weighted by Crippen LogP contribution is 2.69. The Labute approximate surface area is 378 Å². The van der Waals surface area contributed by atoms with Gasteiger partial charge in [0.15, 0.2) is 0 Å². The fourth-order valence-electron chi connectivity index (χ4n) is 14.5. The monoisotopic (exact) mass is 822 g/mol. The molecule has 308 valence electrons. The van der Waals surface area contributed by atoms with Gasteiger partial charge in [-0.3, -0.25) is 0 Å². The summed E-state index contributed by atoms with van der Waals surface area (Å²) in [6.07, 6.45) is 7.96. The van der Waals surface area contributed by atoms with E-state index in [2.05, 4.69) is 200 Å². The lowest BCUT2D eigenvalue weighted by molar-refractivity contribution is -0.0419. The quantitative estimate of drug-likeness (QED) is 0.160. The van der Waals surface area contributed by atoms with Crippen molar-refractivity contribution in [3.8, 4) is 33.4 Å². The minimum atomic E-state index is 0.0291. The minimum Gasteiger partial charge on any atom is -0.311 e. The number of rotatable bonds is 5. The fraction of sp³-hybridized carbons (Fsp3) is 0.213. The average molecular weight is 823 g/mol. The SMILES string of the molecule is CCc1ccc(-c2ccc3c(c2)B2c4cccc5c4N(c4ccccc4C54C5CC6CC(C5)CC4C6)c4cc(-c5cccc(-c6ccccc6)c5)cc(c42)N3c2ccccc2C)cc1. The molecular formula is C61H51BN2. The first-order chi connectivity index (χ1) is 31.6. The summed E-state index contributed by atoms with van der Waals surface area (Å²) in [5.74, 6) is 3.13. The van der Waals surface area contributed by atoms with Crippen LogP contribution in [0.2, 0.25) is 0 Å². The van der Waals surface area contributed by atoms with Gasteiger partial charge in [0.05, 0.1) is 5.69 Å². The largest absolute Gasteiger partial charge is 0.311 e. The first kappa shape index (κ1) is 36.9. The van der Waals surface area contributed by atoms with Crippen molar-refractivity contribution in [2.24, 2.45) is 23.7 Å². The molecule has 64 heavy (non-hydrogen) atoms. The predicted molar refractivity (Wildman–Crippen MR) is 269 cm³/mol. The molecule has 4 bridgehead atoms. The highest BCUT2D eigenvalue weighted by atomic mass is 15.2. The second kappa shape index (κ2) is 13.7. The number of anilines is 6. The normalized spacial score (nSPS) is 22.6. The summed E-state index contributed by atoms with van der Waals surface area (Å²) in [4.78, 5) is 5.36. The van der Waals surface area contributed by atoms with Crippen molar-refractivity contribution in [1.82, 2.24) is 0 Å². The highest BCUT2D eigenvalue weighted by molar-refractivity contribution is 7.00. The third-order valence-electron chi connectivity index (χ3n) is 16.9. The second-order valence-electron chi connectivity index (χ2n) is 20.0. The summed E-state index contributed by atoms with van der Waals surface area (Å²) in [5.41, 5.74) is 25.5. The van der Waals surface area contributed by atoms with Crippen LogP contribution in [0, 0.1) is 30.6 Å². The summed E-state index contributed by atoms with van der Waals surface area (Å²) < 4.78 is 0. The Balaban J connectivity index is 1.08. The van der Waals surface area contributed by atoms with E-state index < -0.39 is 0 Å². The zero-order chi connectivity index (χ0) is 42.3. The van der Waals surface area contributed by atoms with E-state index in [1.165, 1.54) is 127 Å². The van der Waals surface area contributed by atoms with Crippen LogP contribution in [-0.2, 0) is 11.8 Å². The molecule has 0 N–H and O–H groups in total. The van der Waals surface area contributed by atoms with E-state index in [1.807, 2.05) is 0 Å². The van der Waals surface area contributed by atoms with E-state index in [1.54, 1.807) is 11.1 Å². The number of aryl methyl sites for hydroxylation is 2. The van der Waals surface area contributed by atoms with E-state index in [0.29, 0.717) is 11.8 Å². The Morgan fingerprint density at radius 3 is 1.80 bits per heavy atom. The van der Waals surface area contributed by atoms with Gasteiger partial charge in [-0.05, 0) is 178 Å². The third kappa shape index (κ3) is 5.04. The number of para-hydroxylation sites is 3. The predicted octanol–water partition coefficient (Wildman–Crippen LogP) is 13.7. The van der Waals surface area contributed by atoms with Gasteiger partial charge in [0, 0.05) is 33.9 Å².